The van der Waals surface area contributed by atoms with E-state index in [0.29, 0.717) is 6.42 Å². The minimum atomic E-state index is -2.05. The molecular weight excluding hydrogens is 488 g/mol. The highest BCUT2D eigenvalue weighted by atomic mass is 16.3. The van der Waals surface area contributed by atoms with Crippen LogP contribution in [0, 0.1) is 39.4 Å². The Morgan fingerprint density at radius 3 is 2.18 bits per heavy atom. The topological polar surface area (TPSA) is 152 Å². The number of fused-ring (bicyclic) bond motifs is 5. The SMILES string of the molecule is CC(C)(O)C(O)CC(=O)C(C)(O)C1[C@H](O)C[C@@]2(C)[C@@H]3CC=C4[C@@H](CC(=O)[C@@H](O)C4(C)C)[C@]3(C)C(=O)C[C@]12C. The third-order valence-electron chi connectivity index (χ3n) is 11.8. The summed E-state index contributed by atoms with van der Waals surface area (Å²) < 4.78 is 0. The van der Waals surface area contributed by atoms with Gasteiger partial charge in [0.25, 0.3) is 0 Å². The molecule has 0 aromatic rings. The third kappa shape index (κ3) is 3.70. The predicted octanol–water partition coefficient (Wildman–Crippen LogP) is 2.12. The van der Waals surface area contributed by atoms with Crippen LogP contribution in [0.25, 0.3) is 0 Å². The maximum Gasteiger partial charge on any atom is 0.167 e. The molecule has 3 saturated carbocycles. The van der Waals surface area contributed by atoms with Gasteiger partial charge in [0.15, 0.2) is 11.6 Å². The maximum absolute atomic E-state index is 14.2. The molecule has 0 aromatic heterocycles. The lowest BCUT2D eigenvalue weighted by Gasteiger charge is -2.64. The van der Waals surface area contributed by atoms with Crippen molar-refractivity contribution in [1.82, 2.24) is 0 Å². The van der Waals surface area contributed by atoms with Crippen LogP contribution in [0.1, 0.15) is 87.5 Å². The van der Waals surface area contributed by atoms with Gasteiger partial charge < -0.3 is 25.5 Å². The summed E-state index contributed by atoms with van der Waals surface area (Å²) >= 11 is 0. The minimum absolute atomic E-state index is 0.0245. The lowest BCUT2D eigenvalue weighted by Crippen LogP contribution is -2.65. The Hall–Kier alpha value is -1.45. The van der Waals surface area contributed by atoms with E-state index in [0.717, 1.165) is 5.57 Å². The Labute approximate surface area is 225 Å². The normalized spacial score (nSPS) is 44.9. The largest absolute Gasteiger partial charge is 0.393 e. The third-order valence-corrected chi connectivity index (χ3v) is 11.8. The molecular formula is C30H46O8. The van der Waals surface area contributed by atoms with Crippen molar-refractivity contribution < 1.29 is 39.9 Å². The van der Waals surface area contributed by atoms with Crippen molar-refractivity contribution in [3.05, 3.63) is 11.6 Å². The van der Waals surface area contributed by atoms with Crippen LogP contribution < -0.4 is 0 Å². The maximum atomic E-state index is 14.2. The monoisotopic (exact) mass is 534 g/mol. The van der Waals surface area contributed by atoms with Gasteiger partial charge in [0.1, 0.15) is 17.5 Å². The molecule has 3 fully saturated rings. The van der Waals surface area contributed by atoms with E-state index in [1.54, 1.807) is 0 Å². The second kappa shape index (κ2) is 8.53. The first-order valence-electron chi connectivity index (χ1n) is 13.9. The number of ketones is 3. The van der Waals surface area contributed by atoms with Gasteiger partial charge in [0, 0.05) is 36.0 Å². The fraction of sp³-hybridized carbons (Fsp3) is 0.833. The fourth-order valence-corrected chi connectivity index (χ4v) is 9.16. The molecule has 214 valence electrons. The van der Waals surface area contributed by atoms with Crippen molar-refractivity contribution in [3.8, 4) is 0 Å². The molecule has 4 aliphatic carbocycles. The van der Waals surface area contributed by atoms with Crippen LogP contribution in [0.2, 0.25) is 0 Å². The van der Waals surface area contributed by atoms with Crippen molar-refractivity contribution in [3.63, 3.8) is 0 Å². The summed E-state index contributed by atoms with van der Waals surface area (Å²) in [6.07, 6.45) is -1.12. The molecule has 0 amide bonds. The van der Waals surface area contributed by atoms with E-state index in [1.807, 2.05) is 34.6 Å². The molecule has 0 bridgehead atoms. The second-order valence-electron chi connectivity index (χ2n) is 14.7. The van der Waals surface area contributed by atoms with E-state index in [1.165, 1.54) is 20.8 Å². The van der Waals surface area contributed by atoms with E-state index in [9.17, 15) is 39.9 Å². The van der Waals surface area contributed by atoms with Gasteiger partial charge in [-0.2, -0.15) is 0 Å². The Bertz CT molecular complexity index is 1080. The van der Waals surface area contributed by atoms with Crippen LogP contribution in [0.15, 0.2) is 11.6 Å². The van der Waals surface area contributed by atoms with Crippen molar-refractivity contribution in [2.45, 2.75) is 117 Å². The Morgan fingerprint density at radius 1 is 1.05 bits per heavy atom. The number of Topliss-reactive ketones (excluding diaryl/α,β-unsaturated/α-hetero) is 3. The minimum Gasteiger partial charge on any atom is -0.393 e. The van der Waals surface area contributed by atoms with Crippen LogP contribution >= 0.6 is 0 Å². The first-order chi connectivity index (χ1) is 17.1. The molecule has 5 N–H and O–H groups in total. The van der Waals surface area contributed by atoms with Gasteiger partial charge in [-0.15, -0.1) is 0 Å². The average molecular weight is 535 g/mol. The fourth-order valence-electron chi connectivity index (χ4n) is 9.16. The van der Waals surface area contributed by atoms with Gasteiger partial charge in [-0.3, -0.25) is 14.4 Å². The zero-order valence-electron chi connectivity index (χ0n) is 24.0. The van der Waals surface area contributed by atoms with Gasteiger partial charge in [-0.05, 0) is 56.3 Å². The predicted molar refractivity (Wildman–Crippen MR) is 140 cm³/mol. The van der Waals surface area contributed by atoms with Crippen LogP contribution in [-0.2, 0) is 14.4 Å². The second-order valence-corrected chi connectivity index (χ2v) is 14.7. The zero-order chi connectivity index (χ0) is 29.0. The van der Waals surface area contributed by atoms with E-state index in [-0.39, 0.29) is 42.7 Å². The van der Waals surface area contributed by atoms with E-state index in [4.69, 9.17) is 0 Å². The average Bonchev–Trinajstić information content (AvgIpc) is 2.97. The quantitative estimate of drug-likeness (QED) is 0.336. The smallest absolute Gasteiger partial charge is 0.167 e. The van der Waals surface area contributed by atoms with Crippen molar-refractivity contribution >= 4 is 17.3 Å². The van der Waals surface area contributed by atoms with Crippen LogP contribution in [0.3, 0.4) is 0 Å². The van der Waals surface area contributed by atoms with Crippen LogP contribution in [-0.4, -0.2) is 72.4 Å². The molecule has 8 nitrogen and oxygen atoms in total. The Balaban J connectivity index is 1.77. The van der Waals surface area contributed by atoms with Crippen LogP contribution in [0.5, 0.6) is 0 Å². The van der Waals surface area contributed by atoms with Crippen molar-refractivity contribution in [2.75, 3.05) is 0 Å². The van der Waals surface area contributed by atoms with Gasteiger partial charge in [-0.25, -0.2) is 0 Å². The lowest BCUT2D eigenvalue weighted by atomic mass is 9.38. The summed E-state index contributed by atoms with van der Waals surface area (Å²) in [4.78, 5) is 40.5. The van der Waals surface area contributed by atoms with Crippen molar-refractivity contribution in [2.24, 2.45) is 39.4 Å². The summed E-state index contributed by atoms with van der Waals surface area (Å²) in [6, 6.07) is 0. The molecule has 8 heteroatoms. The van der Waals surface area contributed by atoms with E-state index >= 15 is 0 Å². The molecule has 4 rings (SSSR count). The van der Waals surface area contributed by atoms with Gasteiger partial charge in [0.2, 0.25) is 0 Å². The van der Waals surface area contributed by atoms with E-state index < -0.39 is 69.3 Å². The number of rotatable bonds is 5. The molecule has 0 aliphatic heterocycles. The summed E-state index contributed by atoms with van der Waals surface area (Å²) in [6.45, 7) is 13.6. The lowest BCUT2D eigenvalue weighted by molar-refractivity contribution is -0.185. The van der Waals surface area contributed by atoms with Gasteiger partial charge >= 0.3 is 0 Å². The summed E-state index contributed by atoms with van der Waals surface area (Å²) in [5.74, 6) is -2.60. The first kappa shape index (κ1) is 29.5. The number of carbonyl (C=O) groups is 3. The van der Waals surface area contributed by atoms with Gasteiger partial charge in [0.05, 0.1) is 17.8 Å². The molecule has 4 aliphatic rings. The summed E-state index contributed by atoms with van der Waals surface area (Å²) in [7, 11) is 0. The number of aliphatic hydroxyl groups excluding tert-OH is 3. The number of carbonyl (C=O) groups excluding carboxylic acids is 3. The highest BCUT2D eigenvalue weighted by Crippen LogP contribution is 2.74. The zero-order valence-corrected chi connectivity index (χ0v) is 24.0. The Morgan fingerprint density at radius 2 is 1.63 bits per heavy atom. The van der Waals surface area contributed by atoms with Crippen molar-refractivity contribution in [1.29, 1.82) is 0 Å². The molecule has 10 atom stereocenters. The molecule has 0 spiro atoms. The number of aliphatic hydroxyl groups is 5. The van der Waals surface area contributed by atoms with Crippen LogP contribution in [0.4, 0.5) is 0 Å². The molecule has 38 heavy (non-hydrogen) atoms. The first-order valence-corrected chi connectivity index (χ1v) is 13.9. The summed E-state index contributed by atoms with van der Waals surface area (Å²) in [5.41, 5.74) is -5.93. The molecule has 0 heterocycles. The highest BCUT2D eigenvalue weighted by molar-refractivity contribution is 5.93. The summed E-state index contributed by atoms with van der Waals surface area (Å²) in [5, 5.41) is 54.2. The number of allylic oxidation sites excluding steroid dienone is 1. The van der Waals surface area contributed by atoms with E-state index in [2.05, 4.69) is 6.08 Å². The molecule has 0 radical (unpaired) electrons. The highest BCUT2D eigenvalue weighted by Gasteiger charge is 2.74. The standard InChI is InChI=1S/C30H46O8/c1-25(2)15-9-10-19-27(5)13-18(32)23(30(8,38)21(34)12-20(33)26(3,4)37)28(27,6)14-22(35)29(19,7)16(15)11-17(31)24(25)36/h9,16,18-20,23-24,32-33,36-38H,10-14H2,1-8H3/t16-,18-,19+,20?,23?,24-,27+,28-,29+,30?/m1/s1. The molecule has 3 unspecified atom stereocenters. The number of hydrogen-bond donors (Lipinski definition) is 5. The molecule has 0 saturated heterocycles. The Kier molecular flexibility index (Phi) is 6.63. The molecule has 0 aromatic carbocycles. The van der Waals surface area contributed by atoms with Gasteiger partial charge in [-0.1, -0.05) is 46.3 Å². The number of hydrogen-bond acceptors (Lipinski definition) is 8.